The second-order valence-electron chi connectivity index (χ2n) is 10.3. The molecule has 0 radical (unpaired) electrons. The Labute approximate surface area is 206 Å². The molecule has 0 saturated heterocycles. The van der Waals surface area contributed by atoms with E-state index in [1.807, 2.05) is 32.6 Å². The molecule has 1 amide bonds. The molecule has 0 aliphatic heterocycles. The van der Waals surface area contributed by atoms with Gasteiger partial charge < -0.3 is 9.64 Å². The molecule has 1 heterocycles. The van der Waals surface area contributed by atoms with Gasteiger partial charge in [-0.05, 0) is 83.8 Å². The predicted molar refractivity (Wildman–Crippen MR) is 132 cm³/mol. The predicted octanol–water partition coefficient (Wildman–Crippen LogP) is 5.73. The lowest BCUT2D eigenvalue weighted by atomic mass is 9.84. The summed E-state index contributed by atoms with van der Waals surface area (Å²) in [6.07, 6.45) is 5.18. The van der Waals surface area contributed by atoms with E-state index < -0.39 is 5.82 Å². The average Bonchev–Trinajstić information content (AvgIpc) is 3.52. The van der Waals surface area contributed by atoms with Crippen molar-refractivity contribution in [2.75, 3.05) is 5.75 Å². The van der Waals surface area contributed by atoms with Crippen molar-refractivity contribution in [1.29, 1.82) is 0 Å². The van der Waals surface area contributed by atoms with Crippen LogP contribution in [-0.2, 0) is 11.4 Å². The van der Waals surface area contributed by atoms with E-state index in [4.69, 9.17) is 4.74 Å². The molecule has 8 heteroatoms. The molecule has 0 spiro atoms. The van der Waals surface area contributed by atoms with Crippen LogP contribution in [0.25, 0.3) is 0 Å². The van der Waals surface area contributed by atoms with Crippen molar-refractivity contribution in [3.05, 3.63) is 35.9 Å². The third-order valence-corrected chi connectivity index (χ3v) is 8.40. The van der Waals surface area contributed by atoms with Gasteiger partial charge in [0, 0.05) is 18.1 Å². The van der Waals surface area contributed by atoms with E-state index in [1.165, 1.54) is 43.5 Å². The second kappa shape index (κ2) is 10.7. The van der Waals surface area contributed by atoms with Gasteiger partial charge in [-0.15, -0.1) is 10.2 Å². The maximum Gasteiger partial charge on any atom is 0.233 e. The van der Waals surface area contributed by atoms with E-state index >= 15 is 0 Å². The molecule has 0 unspecified atom stereocenters. The molecule has 2 saturated carbocycles. The van der Waals surface area contributed by atoms with Crippen LogP contribution in [0.3, 0.4) is 0 Å². The van der Waals surface area contributed by atoms with Crippen LogP contribution in [-0.4, -0.2) is 43.4 Å². The minimum absolute atomic E-state index is 0.0984. The zero-order chi connectivity index (χ0) is 24.4. The Morgan fingerprint density at radius 3 is 2.50 bits per heavy atom. The molecule has 4 atom stereocenters. The molecule has 1 aromatic carbocycles. The monoisotopic (exact) mass is 488 g/mol. The number of nitrogens with zero attached hydrogens (tertiary/aromatic N) is 4. The van der Waals surface area contributed by atoms with Gasteiger partial charge in [-0.2, -0.15) is 0 Å². The fourth-order valence-electron chi connectivity index (χ4n) is 6.07. The first-order chi connectivity index (χ1) is 16.3. The van der Waals surface area contributed by atoms with E-state index in [2.05, 4.69) is 21.7 Å². The van der Waals surface area contributed by atoms with Gasteiger partial charge in [0.2, 0.25) is 5.91 Å². The third-order valence-electron chi connectivity index (χ3n) is 7.47. The van der Waals surface area contributed by atoms with Gasteiger partial charge in [0.15, 0.2) is 22.5 Å². The van der Waals surface area contributed by atoms with Gasteiger partial charge >= 0.3 is 0 Å². The van der Waals surface area contributed by atoms with Crippen LogP contribution in [0.4, 0.5) is 4.39 Å². The van der Waals surface area contributed by atoms with Gasteiger partial charge in [-0.25, -0.2) is 4.39 Å². The third kappa shape index (κ3) is 5.26. The Morgan fingerprint density at radius 1 is 1.15 bits per heavy atom. The number of fused-ring (bicyclic) bond motifs is 2. The van der Waals surface area contributed by atoms with Gasteiger partial charge in [0.25, 0.3) is 0 Å². The number of carbonyl (C=O) groups excluding carboxylic acids is 1. The van der Waals surface area contributed by atoms with Crippen molar-refractivity contribution < 1.29 is 13.9 Å². The summed E-state index contributed by atoms with van der Waals surface area (Å²) >= 11 is 1.44. The minimum Gasteiger partial charge on any atom is -0.483 e. The number of rotatable bonds is 10. The van der Waals surface area contributed by atoms with Crippen LogP contribution in [0.5, 0.6) is 5.75 Å². The van der Waals surface area contributed by atoms with Crippen molar-refractivity contribution in [3.8, 4) is 5.75 Å². The lowest BCUT2D eigenvalue weighted by Gasteiger charge is -2.31. The Balaban J connectivity index is 1.54. The molecular weight excluding hydrogens is 451 g/mol. The van der Waals surface area contributed by atoms with Gasteiger partial charge in [-0.3, -0.25) is 9.36 Å². The summed E-state index contributed by atoms with van der Waals surface area (Å²) in [5.41, 5.74) is 0. The molecule has 0 N–H and O–H groups in total. The summed E-state index contributed by atoms with van der Waals surface area (Å²) in [7, 11) is 0. The molecule has 2 aliphatic rings. The first-order valence-electron chi connectivity index (χ1n) is 12.5. The minimum atomic E-state index is -0.391. The van der Waals surface area contributed by atoms with Crippen molar-refractivity contribution in [1.82, 2.24) is 19.7 Å². The molecule has 1 aromatic heterocycles. The smallest absolute Gasteiger partial charge is 0.233 e. The lowest BCUT2D eigenvalue weighted by Crippen LogP contribution is -2.43. The van der Waals surface area contributed by atoms with Crippen LogP contribution in [0.15, 0.2) is 29.4 Å². The van der Waals surface area contributed by atoms with Crippen molar-refractivity contribution in [2.24, 2.45) is 17.8 Å². The standard InChI is InChI=1S/C26H37FN4O2S/c1-16(2)30(17(3)4)25(32)15-34-26-29-28-24(14-33-23-9-7-6-8-22(23)27)31(26)18(5)21-13-19-10-11-20(21)12-19/h6-9,16-21H,10-15H2,1-5H3/t18-,19-,20-,21+/m0/s1. The number of para-hydroxylation sites is 1. The van der Waals surface area contributed by atoms with Crippen molar-refractivity contribution in [2.45, 2.75) is 90.2 Å². The first-order valence-corrected chi connectivity index (χ1v) is 13.5. The van der Waals surface area contributed by atoms with Gasteiger partial charge in [-0.1, -0.05) is 30.3 Å². The summed E-state index contributed by atoms with van der Waals surface area (Å²) < 4.78 is 22.1. The maximum atomic E-state index is 14.1. The summed E-state index contributed by atoms with van der Waals surface area (Å²) in [6, 6.07) is 6.89. The fourth-order valence-corrected chi connectivity index (χ4v) is 6.98. The van der Waals surface area contributed by atoms with Crippen LogP contribution < -0.4 is 4.74 Å². The molecule has 6 nitrogen and oxygen atoms in total. The summed E-state index contributed by atoms with van der Waals surface area (Å²) in [4.78, 5) is 14.9. The quantitative estimate of drug-likeness (QED) is 0.400. The van der Waals surface area contributed by atoms with Crippen LogP contribution >= 0.6 is 11.8 Å². The van der Waals surface area contributed by atoms with E-state index in [9.17, 15) is 9.18 Å². The molecule has 2 fully saturated rings. The summed E-state index contributed by atoms with van der Waals surface area (Å²) in [5, 5.41) is 9.63. The van der Waals surface area contributed by atoms with E-state index in [0.717, 1.165) is 17.0 Å². The molecule has 4 rings (SSSR count). The summed E-state index contributed by atoms with van der Waals surface area (Å²) in [6.45, 7) is 10.5. The largest absolute Gasteiger partial charge is 0.483 e. The first kappa shape index (κ1) is 25.0. The van der Waals surface area contributed by atoms with E-state index in [-0.39, 0.29) is 36.4 Å². The number of hydrogen-bond donors (Lipinski definition) is 0. The second-order valence-corrected chi connectivity index (χ2v) is 11.3. The van der Waals surface area contributed by atoms with Crippen molar-refractivity contribution in [3.63, 3.8) is 0 Å². The molecule has 2 bridgehead atoms. The van der Waals surface area contributed by atoms with Gasteiger partial charge in [0.1, 0.15) is 6.61 Å². The Hall–Kier alpha value is -2.09. The zero-order valence-corrected chi connectivity index (χ0v) is 21.7. The topological polar surface area (TPSA) is 60.3 Å². The van der Waals surface area contributed by atoms with Crippen LogP contribution in [0, 0.1) is 23.6 Å². The molecule has 186 valence electrons. The zero-order valence-electron chi connectivity index (χ0n) is 20.9. The summed E-state index contributed by atoms with van der Waals surface area (Å²) in [5.74, 6) is 3.04. The molecule has 2 aliphatic carbocycles. The molecule has 2 aromatic rings. The SMILES string of the molecule is CC(C)N(C(=O)CSc1nnc(COc2ccccc2F)n1[C@@H](C)[C@H]1C[C@H]2CC[C@H]1C2)C(C)C. The Morgan fingerprint density at radius 2 is 1.88 bits per heavy atom. The number of ether oxygens (including phenoxy) is 1. The number of aromatic nitrogens is 3. The van der Waals surface area contributed by atoms with Crippen LogP contribution in [0.1, 0.15) is 72.2 Å². The average molecular weight is 489 g/mol. The van der Waals surface area contributed by atoms with Crippen LogP contribution in [0.2, 0.25) is 0 Å². The number of carbonyl (C=O) groups is 1. The highest BCUT2D eigenvalue weighted by molar-refractivity contribution is 7.99. The van der Waals surface area contributed by atoms with E-state index in [1.54, 1.807) is 18.2 Å². The fraction of sp³-hybridized carbons (Fsp3) is 0.654. The molecule has 34 heavy (non-hydrogen) atoms. The molecular formula is C26H37FN4O2S. The van der Waals surface area contributed by atoms with Crippen molar-refractivity contribution >= 4 is 17.7 Å². The number of thioether (sulfide) groups is 1. The highest BCUT2D eigenvalue weighted by Crippen LogP contribution is 2.52. The normalized spacial score (nSPS) is 22.5. The highest BCUT2D eigenvalue weighted by atomic mass is 32.2. The lowest BCUT2D eigenvalue weighted by molar-refractivity contribution is -0.131. The number of hydrogen-bond acceptors (Lipinski definition) is 5. The maximum absolute atomic E-state index is 14.1. The number of halogens is 1. The van der Waals surface area contributed by atoms with Gasteiger partial charge in [0.05, 0.1) is 5.75 Å². The Kier molecular flexibility index (Phi) is 7.85. The Bertz CT molecular complexity index is 987. The number of benzene rings is 1. The van der Waals surface area contributed by atoms with E-state index in [0.29, 0.717) is 17.5 Å². The number of amides is 1. The highest BCUT2D eigenvalue weighted by Gasteiger charge is 2.43.